The topological polar surface area (TPSA) is 29.1 Å². The Kier molecular flexibility index (Phi) is 2.81. The van der Waals surface area contributed by atoms with Crippen LogP contribution in [0, 0.1) is 17.2 Å². The van der Waals surface area contributed by atoms with Gasteiger partial charge < -0.3 is 5.32 Å². The van der Waals surface area contributed by atoms with Crippen LogP contribution in [-0.2, 0) is 17.5 Å². The predicted octanol–water partition coefficient (Wildman–Crippen LogP) is 3.26. The van der Waals surface area contributed by atoms with Crippen LogP contribution >= 0.6 is 0 Å². The van der Waals surface area contributed by atoms with Gasteiger partial charge in [0, 0.05) is 12.5 Å². The van der Waals surface area contributed by atoms with Crippen LogP contribution in [0.2, 0.25) is 0 Å². The number of carbonyl (C=O) groups excluding carboxylic acids is 1. The van der Waals surface area contributed by atoms with E-state index in [9.17, 15) is 22.4 Å². The fourth-order valence-electron chi connectivity index (χ4n) is 2.66. The first-order valence-corrected chi connectivity index (χ1v) is 6.45. The lowest BCUT2D eigenvalue weighted by molar-refractivity contribution is -0.137. The summed E-state index contributed by atoms with van der Waals surface area (Å²) in [4.78, 5) is 11.8. The molecule has 0 aliphatic heterocycles. The molecule has 2 aliphatic rings. The van der Waals surface area contributed by atoms with Gasteiger partial charge in [-0.15, -0.1) is 0 Å². The molecule has 1 amide bonds. The third-order valence-electron chi connectivity index (χ3n) is 4.15. The Morgan fingerprint density at radius 1 is 1.30 bits per heavy atom. The molecule has 20 heavy (non-hydrogen) atoms. The van der Waals surface area contributed by atoms with Crippen LogP contribution in [0.3, 0.4) is 0 Å². The zero-order valence-electron chi connectivity index (χ0n) is 10.6. The van der Waals surface area contributed by atoms with Gasteiger partial charge in [-0.05, 0) is 48.4 Å². The standard InChI is InChI=1S/C14H13F4NO/c15-10-4-8(3-9(5-10)14(16,17)18)7-19-12(20)11-6-13(11)1-2-13/h3-5,11H,1-2,6-7H2,(H,19,20)/t11-/m0/s1. The normalized spacial score (nSPS) is 22.7. The van der Waals surface area contributed by atoms with E-state index < -0.39 is 17.6 Å². The van der Waals surface area contributed by atoms with Gasteiger partial charge in [-0.1, -0.05) is 0 Å². The maximum atomic E-state index is 13.2. The Bertz CT molecular complexity index is 563. The molecule has 1 aromatic carbocycles. The summed E-state index contributed by atoms with van der Waals surface area (Å²) < 4.78 is 50.8. The first-order valence-electron chi connectivity index (χ1n) is 6.45. The Morgan fingerprint density at radius 2 is 2.00 bits per heavy atom. The molecular weight excluding hydrogens is 274 g/mol. The maximum absolute atomic E-state index is 13.2. The van der Waals surface area contributed by atoms with Gasteiger partial charge in [0.2, 0.25) is 5.91 Å². The van der Waals surface area contributed by atoms with Crippen molar-refractivity contribution in [1.29, 1.82) is 0 Å². The molecule has 0 bridgehead atoms. The van der Waals surface area contributed by atoms with Crippen molar-refractivity contribution in [2.75, 3.05) is 0 Å². The van der Waals surface area contributed by atoms with Crippen LogP contribution in [0.5, 0.6) is 0 Å². The minimum absolute atomic E-state index is 0.00172. The third-order valence-corrected chi connectivity index (χ3v) is 4.15. The van der Waals surface area contributed by atoms with Crippen LogP contribution in [0.4, 0.5) is 17.6 Å². The molecule has 0 radical (unpaired) electrons. The molecule has 0 saturated heterocycles. The highest BCUT2D eigenvalue weighted by Gasteiger charge is 2.65. The average molecular weight is 287 g/mol. The molecule has 1 aromatic rings. The van der Waals surface area contributed by atoms with Crippen LogP contribution in [0.25, 0.3) is 0 Å². The molecule has 0 heterocycles. The molecule has 1 spiro atoms. The van der Waals surface area contributed by atoms with E-state index in [2.05, 4.69) is 5.32 Å². The van der Waals surface area contributed by atoms with Crippen molar-refractivity contribution in [3.8, 4) is 0 Å². The third kappa shape index (κ3) is 2.51. The monoisotopic (exact) mass is 287 g/mol. The number of amides is 1. The minimum atomic E-state index is -4.59. The van der Waals surface area contributed by atoms with E-state index in [4.69, 9.17) is 0 Å². The van der Waals surface area contributed by atoms with E-state index in [1.807, 2.05) is 0 Å². The van der Waals surface area contributed by atoms with E-state index in [0.29, 0.717) is 6.07 Å². The van der Waals surface area contributed by atoms with Gasteiger partial charge in [-0.3, -0.25) is 4.79 Å². The van der Waals surface area contributed by atoms with Crippen LogP contribution in [-0.4, -0.2) is 5.91 Å². The van der Waals surface area contributed by atoms with E-state index >= 15 is 0 Å². The van der Waals surface area contributed by atoms with Crippen LogP contribution < -0.4 is 5.32 Å². The summed E-state index contributed by atoms with van der Waals surface area (Å²) in [5.41, 5.74) is -0.716. The van der Waals surface area contributed by atoms with E-state index in [1.165, 1.54) is 0 Å². The fourth-order valence-corrected chi connectivity index (χ4v) is 2.66. The molecule has 2 aliphatic carbocycles. The quantitative estimate of drug-likeness (QED) is 0.849. The van der Waals surface area contributed by atoms with Gasteiger partial charge in [-0.25, -0.2) is 4.39 Å². The van der Waals surface area contributed by atoms with Crippen molar-refractivity contribution in [3.05, 3.63) is 35.1 Å². The highest BCUT2D eigenvalue weighted by molar-refractivity contribution is 5.83. The number of hydrogen-bond donors (Lipinski definition) is 1. The summed E-state index contributed by atoms with van der Waals surface area (Å²) in [7, 11) is 0. The zero-order chi connectivity index (χ0) is 14.5. The number of hydrogen-bond acceptors (Lipinski definition) is 1. The Morgan fingerprint density at radius 3 is 2.55 bits per heavy atom. The largest absolute Gasteiger partial charge is 0.416 e. The number of halogens is 4. The lowest BCUT2D eigenvalue weighted by Crippen LogP contribution is -2.25. The highest BCUT2D eigenvalue weighted by Crippen LogP contribution is 2.70. The number of nitrogens with one attached hydrogen (secondary N) is 1. The molecule has 108 valence electrons. The van der Waals surface area contributed by atoms with E-state index in [-0.39, 0.29) is 29.3 Å². The summed E-state index contributed by atoms with van der Waals surface area (Å²) in [5.74, 6) is -1.09. The van der Waals surface area contributed by atoms with Gasteiger partial charge in [0.1, 0.15) is 5.82 Å². The van der Waals surface area contributed by atoms with Gasteiger partial charge in [-0.2, -0.15) is 13.2 Å². The molecule has 6 heteroatoms. The summed E-state index contributed by atoms with van der Waals surface area (Å²) >= 11 is 0. The maximum Gasteiger partial charge on any atom is 0.416 e. The predicted molar refractivity (Wildman–Crippen MR) is 63.0 cm³/mol. The lowest BCUT2D eigenvalue weighted by atomic mass is 10.1. The second-order valence-electron chi connectivity index (χ2n) is 5.68. The van der Waals surface area contributed by atoms with Gasteiger partial charge in [0.25, 0.3) is 0 Å². The summed E-state index contributed by atoms with van der Waals surface area (Å²) in [6.45, 7) is -0.0771. The number of carbonyl (C=O) groups is 1. The highest BCUT2D eigenvalue weighted by atomic mass is 19.4. The van der Waals surface area contributed by atoms with Crippen molar-refractivity contribution in [2.24, 2.45) is 11.3 Å². The smallest absolute Gasteiger partial charge is 0.352 e. The summed E-state index contributed by atoms with van der Waals surface area (Å²) in [6.07, 6.45) is -1.60. The van der Waals surface area contributed by atoms with Gasteiger partial charge in [0.05, 0.1) is 5.56 Å². The van der Waals surface area contributed by atoms with Gasteiger partial charge >= 0.3 is 6.18 Å². The second-order valence-corrected chi connectivity index (χ2v) is 5.68. The lowest BCUT2D eigenvalue weighted by Gasteiger charge is -2.10. The van der Waals surface area contributed by atoms with E-state index in [1.54, 1.807) is 0 Å². The first-order chi connectivity index (χ1) is 9.30. The number of alkyl halides is 3. The second kappa shape index (κ2) is 4.20. The van der Waals surface area contributed by atoms with Crippen molar-refractivity contribution in [3.63, 3.8) is 0 Å². The Balaban J connectivity index is 1.65. The van der Waals surface area contributed by atoms with Gasteiger partial charge in [0.15, 0.2) is 0 Å². The minimum Gasteiger partial charge on any atom is -0.352 e. The van der Waals surface area contributed by atoms with Crippen molar-refractivity contribution in [1.82, 2.24) is 5.32 Å². The summed E-state index contributed by atoms with van der Waals surface area (Å²) in [5, 5.41) is 2.59. The molecular formula is C14H13F4NO. The van der Waals surface area contributed by atoms with Crippen LogP contribution in [0.1, 0.15) is 30.4 Å². The van der Waals surface area contributed by atoms with Crippen molar-refractivity contribution in [2.45, 2.75) is 32.0 Å². The number of benzene rings is 1. The molecule has 3 rings (SSSR count). The molecule has 2 saturated carbocycles. The Hall–Kier alpha value is -1.59. The molecule has 0 aromatic heterocycles. The van der Waals surface area contributed by atoms with Crippen LogP contribution in [0.15, 0.2) is 18.2 Å². The molecule has 2 nitrogen and oxygen atoms in total. The molecule has 2 fully saturated rings. The van der Waals surface area contributed by atoms with Crippen molar-refractivity contribution < 1.29 is 22.4 Å². The number of rotatable bonds is 3. The zero-order valence-corrected chi connectivity index (χ0v) is 10.6. The van der Waals surface area contributed by atoms with Crippen molar-refractivity contribution >= 4 is 5.91 Å². The van der Waals surface area contributed by atoms with E-state index in [0.717, 1.165) is 31.4 Å². The summed E-state index contributed by atoms with van der Waals surface area (Å²) in [6, 6.07) is 2.32. The molecule has 1 N–H and O–H groups in total. The fraction of sp³-hybridized carbons (Fsp3) is 0.500. The Labute approximate surface area is 113 Å². The first kappa shape index (κ1) is 13.4. The molecule has 1 atom stereocenters. The SMILES string of the molecule is O=C(NCc1cc(F)cc(C(F)(F)F)c1)[C@@H]1CC12CC2. The average Bonchev–Trinajstić information content (AvgIpc) is 3.25. The molecule has 0 unspecified atom stereocenters.